The lowest BCUT2D eigenvalue weighted by Crippen LogP contribution is -2.36. The van der Waals surface area contributed by atoms with Crippen LogP contribution in [0.2, 0.25) is 0 Å². The van der Waals surface area contributed by atoms with Crippen LogP contribution in [0.5, 0.6) is 0 Å². The van der Waals surface area contributed by atoms with Crippen molar-refractivity contribution in [2.75, 3.05) is 33.5 Å². The highest BCUT2D eigenvalue weighted by Gasteiger charge is 2.38. The van der Waals surface area contributed by atoms with E-state index in [1.807, 2.05) is 0 Å². The second-order valence-corrected chi connectivity index (χ2v) is 5.19. The van der Waals surface area contributed by atoms with Gasteiger partial charge in [-0.1, -0.05) is 6.42 Å². The second kappa shape index (κ2) is 6.58. The zero-order valence-corrected chi connectivity index (χ0v) is 10.4. The Labute approximate surface area is 98.9 Å². The van der Waals surface area contributed by atoms with E-state index < -0.39 is 0 Å². The van der Waals surface area contributed by atoms with E-state index >= 15 is 0 Å². The van der Waals surface area contributed by atoms with Gasteiger partial charge in [-0.3, -0.25) is 0 Å². The van der Waals surface area contributed by atoms with Gasteiger partial charge in [-0.15, -0.1) is 0 Å². The minimum absolute atomic E-state index is 0.793. The first-order chi connectivity index (χ1) is 7.90. The van der Waals surface area contributed by atoms with Crippen molar-refractivity contribution < 1.29 is 9.47 Å². The van der Waals surface area contributed by atoms with Gasteiger partial charge in [0.2, 0.25) is 0 Å². The molecule has 2 fully saturated rings. The average molecular weight is 227 g/mol. The Balaban J connectivity index is 1.43. The molecular weight excluding hydrogens is 202 g/mol. The first-order valence-electron chi connectivity index (χ1n) is 6.70. The highest BCUT2D eigenvalue weighted by atomic mass is 16.5. The topological polar surface area (TPSA) is 30.5 Å². The first-order valence-corrected chi connectivity index (χ1v) is 6.70. The van der Waals surface area contributed by atoms with Crippen molar-refractivity contribution in [2.24, 2.45) is 11.8 Å². The van der Waals surface area contributed by atoms with Crippen molar-refractivity contribution in [3.05, 3.63) is 0 Å². The third-order valence-electron chi connectivity index (χ3n) is 4.03. The molecule has 0 aromatic heterocycles. The zero-order valence-electron chi connectivity index (χ0n) is 10.4. The third-order valence-corrected chi connectivity index (χ3v) is 4.03. The lowest BCUT2D eigenvalue weighted by Gasteiger charge is -2.22. The molecule has 3 unspecified atom stereocenters. The molecule has 0 saturated heterocycles. The van der Waals surface area contributed by atoms with Crippen LogP contribution in [0.1, 0.15) is 32.1 Å². The van der Waals surface area contributed by atoms with Crippen LogP contribution >= 0.6 is 0 Å². The normalized spacial score (nSPS) is 32.4. The number of nitrogens with one attached hydrogen (secondary N) is 1. The van der Waals surface area contributed by atoms with E-state index in [2.05, 4.69) is 5.32 Å². The highest BCUT2D eigenvalue weighted by Crippen LogP contribution is 2.44. The van der Waals surface area contributed by atoms with E-state index in [0.29, 0.717) is 0 Å². The van der Waals surface area contributed by atoms with Crippen molar-refractivity contribution in [3.63, 3.8) is 0 Å². The maximum Gasteiger partial charge on any atom is 0.0591 e. The van der Waals surface area contributed by atoms with Gasteiger partial charge in [-0.25, -0.2) is 0 Å². The van der Waals surface area contributed by atoms with E-state index in [1.54, 1.807) is 7.11 Å². The predicted molar refractivity (Wildman–Crippen MR) is 64.6 cm³/mol. The number of hydrogen-bond donors (Lipinski definition) is 1. The molecule has 2 aliphatic rings. The Morgan fingerprint density at radius 1 is 1.12 bits per heavy atom. The number of ether oxygens (including phenoxy) is 2. The van der Waals surface area contributed by atoms with Crippen molar-refractivity contribution in [1.29, 1.82) is 0 Å². The van der Waals surface area contributed by atoms with Crippen molar-refractivity contribution in [1.82, 2.24) is 5.32 Å². The molecule has 2 bridgehead atoms. The molecule has 2 rings (SSSR count). The van der Waals surface area contributed by atoms with Crippen LogP contribution in [0.3, 0.4) is 0 Å². The quantitative estimate of drug-likeness (QED) is 0.642. The van der Waals surface area contributed by atoms with E-state index in [9.17, 15) is 0 Å². The van der Waals surface area contributed by atoms with Gasteiger partial charge < -0.3 is 14.8 Å². The Morgan fingerprint density at radius 3 is 2.75 bits per heavy atom. The van der Waals surface area contributed by atoms with Gasteiger partial charge in [-0.05, 0) is 37.5 Å². The van der Waals surface area contributed by atoms with Crippen LogP contribution in [0.4, 0.5) is 0 Å². The minimum atomic E-state index is 0.793. The molecule has 0 aromatic rings. The molecule has 0 amide bonds. The molecule has 0 aliphatic heterocycles. The summed E-state index contributed by atoms with van der Waals surface area (Å²) in [5.41, 5.74) is 0. The summed E-state index contributed by atoms with van der Waals surface area (Å²) < 4.78 is 10.5. The summed E-state index contributed by atoms with van der Waals surface area (Å²) in [6.07, 6.45) is 6.83. The van der Waals surface area contributed by atoms with E-state index in [-0.39, 0.29) is 0 Å². The van der Waals surface area contributed by atoms with Gasteiger partial charge in [0.1, 0.15) is 0 Å². The Hall–Kier alpha value is -0.120. The first kappa shape index (κ1) is 12.3. The van der Waals surface area contributed by atoms with Crippen molar-refractivity contribution >= 4 is 0 Å². The lowest BCUT2D eigenvalue weighted by molar-refractivity contribution is 0.102. The Bertz CT molecular complexity index is 198. The van der Waals surface area contributed by atoms with Gasteiger partial charge in [-0.2, -0.15) is 0 Å². The van der Waals surface area contributed by atoms with E-state index in [4.69, 9.17) is 9.47 Å². The molecule has 0 heterocycles. The van der Waals surface area contributed by atoms with E-state index in [1.165, 1.54) is 25.7 Å². The standard InChI is InChI=1S/C13H25NO2/c1-15-6-2-7-16-8-5-14-13-10-11-3-4-12(13)9-11/h11-14H,2-10H2,1H3. The van der Waals surface area contributed by atoms with E-state index in [0.717, 1.165) is 50.7 Å². The molecule has 2 aliphatic carbocycles. The monoisotopic (exact) mass is 227 g/mol. The third kappa shape index (κ3) is 3.44. The molecule has 3 heteroatoms. The number of rotatable bonds is 8. The summed E-state index contributed by atoms with van der Waals surface area (Å²) in [5, 5.41) is 3.65. The van der Waals surface area contributed by atoms with Gasteiger partial charge in [0, 0.05) is 32.9 Å². The lowest BCUT2D eigenvalue weighted by atomic mass is 9.95. The summed E-state index contributed by atoms with van der Waals surface area (Å²) in [5.74, 6) is 2.00. The Kier molecular flexibility index (Phi) is 5.07. The van der Waals surface area contributed by atoms with Crippen LogP contribution in [0, 0.1) is 11.8 Å². The van der Waals surface area contributed by atoms with Gasteiger partial charge in [0.05, 0.1) is 6.61 Å². The summed E-state index contributed by atoms with van der Waals surface area (Å²) in [7, 11) is 1.73. The van der Waals surface area contributed by atoms with Gasteiger partial charge >= 0.3 is 0 Å². The molecule has 16 heavy (non-hydrogen) atoms. The zero-order chi connectivity index (χ0) is 11.2. The Morgan fingerprint density at radius 2 is 2.06 bits per heavy atom. The maximum atomic E-state index is 5.53. The summed E-state index contributed by atoms with van der Waals surface area (Å²) in [6, 6.07) is 0.793. The molecule has 1 N–H and O–H groups in total. The minimum Gasteiger partial charge on any atom is -0.385 e. The predicted octanol–water partition coefficient (Wildman–Crippen LogP) is 1.82. The SMILES string of the molecule is COCCCOCCNC1CC2CCC1C2. The molecule has 0 radical (unpaired) electrons. The number of methoxy groups -OCH3 is 1. The molecule has 3 nitrogen and oxygen atoms in total. The summed E-state index contributed by atoms with van der Waals surface area (Å²) in [6.45, 7) is 3.49. The number of hydrogen-bond acceptors (Lipinski definition) is 3. The molecule has 3 atom stereocenters. The average Bonchev–Trinajstić information content (AvgIpc) is 2.90. The molecule has 0 aromatic carbocycles. The van der Waals surface area contributed by atoms with Gasteiger partial charge in [0.25, 0.3) is 0 Å². The smallest absolute Gasteiger partial charge is 0.0591 e. The summed E-state index contributed by atoms with van der Waals surface area (Å²) in [4.78, 5) is 0. The number of fused-ring (bicyclic) bond motifs is 2. The molecule has 0 spiro atoms. The van der Waals surface area contributed by atoms with Crippen LogP contribution < -0.4 is 5.32 Å². The second-order valence-electron chi connectivity index (χ2n) is 5.19. The molecule has 2 saturated carbocycles. The maximum absolute atomic E-state index is 5.53. The van der Waals surface area contributed by atoms with Crippen molar-refractivity contribution in [2.45, 2.75) is 38.1 Å². The molecule has 94 valence electrons. The van der Waals surface area contributed by atoms with Crippen LogP contribution in [0.15, 0.2) is 0 Å². The van der Waals surface area contributed by atoms with Crippen LogP contribution in [-0.4, -0.2) is 39.5 Å². The van der Waals surface area contributed by atoms with Gasteiger partial charge in [0.15, 0.2) is 0 Å². The molecular formula is C13H25NO2. The van der Waals surface area contributed by atoms with Crippen LogP contribution in [-0.2, 0) is 9.47 Å². The fourth-order valence-electron chi connectivity index (χ4n) is 3.22. The fourth-order valence-corrected chi connectivity index (χ4v) is 3.22. The highest BCUT2D eigenvalue weighted by molar-refractivity contribution is 4.93. The fraction of sp³-hybridized carbons (Fsp3) is 1.00. The largest absolute Gasteiger partial charge is 0.385 e. The summed E-state index contributed by atoms with van der Waals surface area (Å²) >= 11 is 0. The van der Waals surface area contributed by atoms with Crippen LogP contribution in [0.25, 0.3) is 0 Å². The van der Waals surface area contributed by atoms with Crippen molar-refractivity contribution in [3.8, 4) is 0 Å².